The van der Waals surface area contributed by atoms with E-state index in [0.717, 1.165) is 6.42 Å². The molecule has 3 amide bonds. The average Bonchev–Trinajstić information content (AvgIpc) is 2.00. The van der Waals surface area contributed by atoms with Gasteiger partial charge in [-0.05, 0) is 6.42 Å². The first-order valence-electron chi connectivity index (χ1n) is 3.60. The summed E-state index contributed by atoms with van der Waals surface area (Å²) in [7, 11) is 0. The number of urea groups is 1. The van der Waals surface area contributed by atoms with E-state index in [4.69, 9.17) is 5.73 Å². The van der Waals surface area contributed by atoms with Crippen LogP contribution >= 0.6 is 0 Å². The van der Waals surface area contributed by atoms with Crippen molar-refractivity contribution < 1.29 is 14.4 Å². The molecule has 12 heavy (non-hydrogen) atoms. The van der Waals surface area contributed by atoms with Gasteiger partial charge >= 0.3 is 6.03 Å². The Labute approximate surface area is 70.4 Å². The molecule has 0 bridgehead atoms. The first kappa shape index (κ1) is 10.7. The van der Waals surface area contributed by atoms with Gasteiger partial charge in [-0.15, -0.1) is 0 Å². The molecule has 0 heterocycles. The second-order valence-corrected chi connectivity index (χ2v) is 2.11. The number of hydrogen-bond acceptors (Lipinski definition) is 3. The topological polar surface area (TPSA) is 93.4 Å². The minimum atomic E-state index is -0.634. The molecule has 0 saturated heterocycles. The molecule has 0 aromatic heterocycles. The van der Waals surface area contributed by atoms with Gasteiger partial charge in [0, 0.05) is 6.54 Å². The molecule has 0 fully saturated rings. The maximum absolute atomic E-state index is 10.7. The van der Waals surface area contributed by atoms with Gasteiger partial charge in [-0.3, -0.25) is 9.63 Å². The van der Waals surface area contributed by atoms with Crippen molar-refractivity contribution in [2.75, 3.05) is 13.2 Å². The van der Waals surface area contributed by atoms with E-state index >= 15 is 0 Å². The summed E-state index contributed by atoms with van der Waals surface area (Å²) in [4.78, 5) is 25.2. The Hall–Kier alpha value is -1.30. The Morgan fingerprint density at radius 2 is 2.17 bits per heavy atom. The highest BCUT2D eigenvalue weighted by Gasteiger charge is 1.98. The molecule has 0 aromatic rings. The molecule has 0 aliphatic rings. The Morgan fingerprint density at radius 3 is 2.67 bits per heavy atom. The molecule has 70 valence electrons. The largest absolute Gasteiger partial charge is 0.368 e. The molecule has 0 rings (SSSR count). The number of amides is 3. The third-order valence-corrected chi connectivity index (χ3v) is 0.915. The third-order valence-electron chi connectivity index (χ3n) is 0.915. The summed E-state index contributed by atoms with van der Waals surface area (Å²) < 4.78 is 0. The lowest BCUT2D eigenvalue weighted by Crippen LogP contribution is -2.37. The summed E-state index contributed by atoms with van der Waals surface area (Å²) in [6.07, 6.45) is 0.837. The Bertz CT molecular complexity index is 160. The summed E-state index contributed by atoms with van der Waals surface area (Å²) in [5.41, 5.74) is 6.74. The smallest absolute Gasteiger partial charge is 0.338 e. The molecule has 0 aliphatic carbocycles. The molecule has 4 N–H and O–H groups in total. The van der Waals surface area contributed by atoms with Crippen molar-refractivity contribution in [2.24, 2.45) is 5.73 Å². The predicted octanol–water partition coefficient (Wildman–Crippen LogP) is -0.887. The second kappa shape index (κ2) is 6.41. The van der Waals surface area contributed by atoms with Crippen molar-refractivity contribution in [3.8, 4) is 0 Å². The second-order valence-electron chi connectivity index (χ2n) is 2.11. The molecule has 0 radical (unpaired) electrons. The van der Waals surface area contributed by atoms with Gasteiger partial charge in [0.15, 0.2) is 6.61 Å². The van der Waals surface area contributed by atoms with Crippen molar-refractivity contribution in [1.29, 1.82) is 0 Å². The molecule has 0 unspecified atom stereocenters. The Morgan fingerprint density at radius 1 is 1.50 bits per heavy atom. The van der Waals surface area contributed by atoms with Crippen LogP contribution in [0.25, 0.3) is 0 Å². The summed E-state index contributed by atoms with van der Waals surface area (Å²) in [5, 5.41) is 2.48. The summed E-state index contributed by atoms with van der Waals surface area (Å²) >= 11 is 0. The van der Waals surface area contributed by atoms with Crippen LogP contribution in [0.15, 0.2) is 0 Å². The molecule has 0 atom stereocenters. The Kier molecular flexibility index (Phi) is 5.72. The van der Waals surface area contributed by atoms with Crippen molar-refractivity contribution in [3.05, 3.63) is 0 Å². The number of nitrogens with two attached hydrogens (primary N) is 1. The molecule has 6 nitrogen and oxygen atoms in total. The van der Waals surface area contributed by atoms with E-state index in [1.807, 2.05) is 12.4 Å². The lowest BCUT2D eigenvalue weighted by atomic mass is 10.5. The van der Waals surface area contributed by atoms with Crippen LogP contribution in [0.3, 0.4) is 0 Å². The van der Waals surface area contributed by atoms with Crippen LogP contribution < -0.4 is 16.5 Å². The van der Waals surface area contributed by atoms with Crippen molar-refractivity contribution in [3.63, 3.8) is 0 Å². The molecule has 0 aromatic carbocycles. The van der Waals surface area contributed by atoms with Crippen LogP contribution in [0.4, 0.5) is 4.79 Å². The van der Waals surface area contributed by atoms with Crippen LogP contribution in [-0.2, 0) is 9.63 Å². The van der Waals surface area contributed by atoms with Crippen LogP contribution in [0, 0.1) is 0 Å². The maximum atomic E-state index is 10.7. The summed E-state index contributed by atoms with van der Waals surface area (Å²) in [5.74, 6) is -0.634. The fourth-order valence-corrected chi connectivity index (χ4v) is 0.447. The standard InChI is InChI=1S/C6H13N3O3/c1-2-3-8-6(11)9-12-4-5(7)10/h2-4H2,1H3,(H2,7,10)(H2,8,9,11). The number of carbonyl (C=O) groups excluding carboxylic acids is 2. The highest BCUT2D eigenvalue weighted by atomic mass is 16.7. The van der Waals surface area contributed by atoms with Crippen LogP contribution in [-0.4, -0.2) is 25.1 Å². The zero-order valence-electron chi connectivity index (χ0n) is 6.92. The van der Waals surface area contributed by atoms with E-state index < -0.39 is 11.9 Å². The predicted molar refractivity (Wildman–Crippen MR) is 42.0 cm³/mol. The van der Waals surface area contributed by atoms with Gasteiger partial charge in [0.2, 0.25) is 5.91 Å². The quantitative estimate of drug-likeness (QED) is 0.473. The number of hydroxylamine groups is 1. The lowest BCUT2D eigenvalue weighted by molar-refractivity contribution is -0.124. The number of carbonyl (C=O) groups is 2. The van der Waals surface area contributed by atoms with E-state index in [0.29, 0.717) is 6.54 Å². The zero-order chi connectivity index (χ0) is 9.40. The van der Waals surface area contributed by atoms with Gasteiger partial charge in [0.1, 0.15) is 0 Å². The van der Waals surface area contributed by atoms with Gasteiger partial charge < -0.3 is 11.1 Å². The van der Waals surface area contributed by atoms with Crippen LogP contribution in [0.2, 0.25) is 0 Å². The molecular formula is C6H13N3O3. The van der Waals surface area contributed by atoms with E-state index in [1.54, 1.807) is 0 Å². The van der Waals surface area contributed by atoms with Crippen LogP contribution in [0.5, 0.6) is 0 Å². The molecule has 6 heteroatoms. The zero-order valence-corrected chi connectivity index (χ0v) is 6.92. The third kappa shape index (κ3) is 6.81. The first-order valence-corrected chi connectivity index (χ1v) is 3.60. The van der Waals surface area contributed by atoms with E-state index in [1.165, 1.54) is 0 Å². The fourth-order valence-electron chi connectivity index (χ4n) is 0.447. The van der Waals surface area contributed by atoms with Crippen molar-refractivity contribution >= 4 is 11.9 Å². The summed E-state index contributed by atoms with van der Waals surface area (Å²) in [6, 6.07) is -0.474. The SMILES string of the molecule is CCCNC(=O)NOCC(N)=O. The lowest BCUT2D eigenvalue weighted by Gasteiger charge is -2.04. The van der Waals surface area contributed by atoms with Gasteiger partial charge in [0.05, 0.1) is 0 Å². The average molecular weight is 175 g/mol. The highest BCUT2D eigenvalue weighted by molar-refractivity contribution is 5.76. The monoisotopic (exact) mass is 175 g/mol. The van der Waals surface area contributed by atoms with Gasteiger partial charge in [-0.25, -0.2) is 10.3 Å². The normalized spacial score (nSPS) is 9.08. The fraction of sp³-hybridized carbons (Fsp3) is 0.667. The number of hydrogen-bond donors (Lipinski definition) is 3. The van der Waals surface area contributed by atoms with Gasteiger partial charge in [-0.1, -0.05) is 6.92 Å². The minimum Gasteiger partial charge on any atom is -0.368 e. The van der Waals surface area contributed by atoms with E-state index in [2.05, 4.69) is 10.2 Å². The minimum absolute atomic E-state index is 0.320. The number of rotatable bonds is 5. The van der Waals surface area contributed by atoms with Gasteiger partial charge in [0.25, 0.3) is 0 Å². The van der Waals surface area contributed by atoms with Crippen molar-refractivity contribution in [2.45, 2.75) is 13.3 Å². The van der Waals surface area contributed by atoms with Crippen LogP contribution in [0.1, 0.15) is 13.3 Å². The van der Waals surface area contributed by atoms with E-state index in [-0.39, 0.29) is 6.61 Å². The van der Waals surface area contributed by atoms with E-state index in [9.17, 15) is 9.59 Å². The number of primary amides is 1. The maximum Gasteiger partial charge on any atom is 0.338 e. The molecular weight excluding hydrogens is 162 g/mol. The molecule has 0 spiro atoms. The van der Waals surface area contributed by atoms with Gasteiger partial charge in [-0.2, -0.15) is 0 Å². The molecule has 0 aliphatic heterocycles. The summed E-state index contributed by atoms with van der Waals surface area (Å²) in [6.45, 7) is 2.16. The van der Waals surface area contributed by atoms with Crippen molar-refractivity contribution in [1.82, 2.24) is 10.8 Å². The number of nitrogens with one attached hydrogen (secondary N) is 2. The first-order chi connectivity index (χ1) is 5.66. The highest BCUT2D eigenvalue weighted by Crippen LogP contribution is 1.71. The Balaban J connectivity index is 3.25. The molecule has 0 saturated carbocycles.